The Morgan fingerprint density at radius 2 is 1.68 bits per heavy atom. The molecule has 0 unspecified atom stereocenters. The zero-order chi connectivity index (χ0) is 24.1. The molecule has 0 bridgehead atoms. The van der Waals surface area contributed by atoms with Crippen LogP contribution >= 0.6 is 11.3 Å². The number of aromatic nitrogens is 1. The van der Waals surface area contributed by atoms with Crippen molar-refractivity contribution in [3.05, 3.63) is 87.9 Å². The van der Waals surface area contributed by atoms with Crippen LogP contribution in [0.25, 0.3) is 10.8 Å². The molecular formula is C26H23N3O4S. The molecule has 3 aromatic carbocycles. The monoisotopic (exact) mass is 473 g/mol. The van der Waals surface area contributed by atoms with E-state index in [0.717, 1.165) is 22.0 Å². The smallest absolute Gasteiger partial charge is 0.340 e. The van der Waals surface area contributed by atoms with E-state index in [-0.39, 0.29) is 30.4 Å². The summed E-state index contributed by atoms with van der Waals surface area (Å²) < 4.78 is 5.46. The van der Waals surface area contributed by atoms with E-state index in [1.54, 1.807) is 17.5 Å². The highest BCUT2D eigenvalue weighted by atomic mass is 32.1. The van der Waals surface area contributed by atoms with Crippen LogP contribution in [0.2, 0.25) is 0 Å². The number of amides is 2. The van der Waals surface area contributed by atoms with Gasteiger partial charge in [-0.1, -0.05) is 42.0 Å². The van der Waals surface area contributed by atoms with Gasteiger partial charge in [-0.05, 0) is 42.0 Å². The van der Waals surface area contributed by atoms with E-state index in [1.165, 1.54) is 18.3 Å². The average Bonchev–Trinajstić information content (AvgIpc) is 3.25. The summed E-state index contributed by atoms with van der Waals surface area (Å²) >= 11 is 1.33. The number of aryl methyl sites for hydroxylation is 1. The number of benzene rings is 3. The van der Waals surface area contributed by atoms with Gasteiger partial charge in [-0.3, -0.25) is 9.59 Å². The van der Waals surface area contributed by atoms with Crippen molar-refractivity contribution in [2.45, 2.75) is 26.9 Å². The first kappa shape index (κ1) is 23.1. The van der Waals surface area contributed by atoms with E-state index >= 15 is 0 Å². The lowest BCUT2D eigenvalue weighted by Gasteiger charge is -2.11. The van der Waals surface area contributed by atoms with Crippen LogP contribution in [-0.2, 0) is 27.4 Å². The highest BCUT2D eigenvalue weighted by Crippen LogP contribution is 2.25. The fourth-order valence-electron chi connectivity index (χ4n) is 3.40. The molecule has 0 saturated carbocycles. The number of anilines is 2. The van der Waals surface area contributed by atoms with Gasteiger partial charge in [-0.25, -0.2) is 9.78 Å². The lowest BCUT2D eigenvalue weighted by Crippen LogP contribution is -2.14. The molecule has 4 rings (SSSR count). The summed E-state index contributed by atoms with van der Waals surface area (Å²) in [6, 6.07) is 18.6. The van der Waals surface area contributed by atoms with Crippen LogP contribution in [-0.4, -0.2) is 22.8 Å². The molecule has 8 heteroatoms. The number of hydrogen-bond donors (Lipinski definition) is 2. The number of nitrogens with zero attached hydrogens (tertiary/aromatic N) is 1. The van der Waals surface area contributed by atoms with E-state index in [1.807, 2.05) is 55.5 Å². The Labute approximate surface area is 200 Å². The molecule has 0 aliphatic carbocycles. The largest absolute Gasteiger partial charge is 0.455 e. The Morgan fingerprint density at radius 3 is 2.38 bits per heavy atom. The summed E-state index contributed by atoms with van der Waals surface area (Å²) in [5, 5.41) is 9.68. The van der Waals surface area contributed by atoms with Gasteiger partial charge >= 0.3 is 5.97 Å². The Hall–Kier alpha value is -4.04. The minimum atomic E-state index is -0.568. The zero-order valence-corrected chi connectivity index (χ0v) is 19.6. The molecule has 7 nitrogen and oxygen atoms in total. The number of thiazole rings is 1. The molecule has 0 aliphatic rings. The summed E-state index contributed by atoms with van der Waals surface area (Å²) in [6.07, 6.45) is 0.129. The van der Waals surface area contributed by atoms with Gasteiger partial charge in [-0.2, -0.15) is 0 Å². The highest BCUT2D eigenvalue weighted by molar-refractivity contribution is 7.09. The maximum absolute atomic E-state index is 12.8. The second-order valence-corrected chi connectivity index (χ2v) is 8.77. The molecular weight excluding hydrogens is 450 g/mol. The minimum Gasteiger partial charge on any atom is -0.455 e. The van der Waals surface area contributed by atoms with Crippen molar-refractivity contribution in [1.29, 1.82) is 0 Å². The van der Waals surface area contributed by atoms with Crippen LogP contribution in [0.4, 0.5) is 11.4 Å². The van der Waals surface area contributed by atoms with Crippen LogP contribution in [0.3, 0.4) is 0 Å². The standard InChI is InChI=1S/C26H23N3O4S/c1-16-7-9-20(10-8-16)28-24(31)13-25-29-21(15-34-25)14-33-26(32)22-11-18-5-3-4-6-19(18)12-23(22)27-17(2)30/h3-12,15H,13-14H2,1-2H3,(H,27,30)(H,28,31). The highest BCUT2D eigenvalue weighted by Gasteiger charge is 2.17. The Kier molecular flexibility index (Phi) is 6.98. The van der Waals surface area contributed by atoms with Gasteiger partial charge in [0.25, 0.3) is 0 Å². The molecule has 0 saturated heterocycles. The lowest BCUT2D eigenvalue weighted by molar-refractivity contribution is -0.116. The van der Waals surface area contributed by atoms with Crippen molar-refractivity contribution in [2.75, 3.05) is 10.6 Å². The predicted octanol–water partition coefficient (Wildman–Crippen LogP) is 5.10. The molecule has 1 aromatic heterocycles. The molecule has 34 heavy (non-hydrogen) atoms. The molecule has 172 valence electrons. The van der Waals surface area contributed by atoms with Gasteiger partial charge < -0.3 is 15.4 Å². The first-order chi connectivity index (χ1) is 16.4. The quantitative estimate of drug-likeness (QED) is 0.364. The number of nitrogens with one attached hydrogen (secondary N) is 2. The molecule has 2 N–H and O–H groups in total. The average molecular weight is 474 g/mol. The maximum atomic E-state index is 12.8. The first-order valence-electron chi connectivity index (χ1n) is 10.6. The number of ether oxygens (including phenoxy) is 1. The molecule has 0 fully saturated rings. The summed E-state index contributed by atoms with van der Waals surface area (Å²) in [7, 11) is 0. The van der Waals surface area contributed by atoms with E-state index in [9.17, 15) is 14.4 Å². The van der Waals surface area contributed by atoms with Gasteiger partial charge in [-0.15, -0.1) is 11.3 Å². The topological polar surface area (TPSA) is 97.4 Å². The van der Waals surface area contributed by atoms with E-state index in [0.29, 0.717) is 16.4 Å². The second kappa shape index (κ2) is 10.3. The van der Waals surface area contributed by atoms with Crippen molar-refractivity contribution in [3.63, 3.8) is 0 Å². The number of hydrogen-bond acceptors (Lipinski definition) is 6. The van der Waals surface area contributed by atoms with Crippen molar-refractivity contribution >= 4 is 51.3 Å². The van der Waals surface area contributed by atoms with Crippen molar-refractivity contribution in [3.8, 4) is 0 Å². The molecule has 4 aromatic rings. The number of fused-ring (bicyclic) bond motifs is 1. The van der Waals surface area contributed by atoms with E-state index in [2.05, 4.69) is 15.6 Å². The van der Waals surface area contributed by atoms with Crippen molar-refractivity contribution < 1.29 is 19.1 Å². The molecule has 1 heterocycles. The van der Waals surface area contributed by atoms with Crippen molar-refractivity contribution in [1.82, 2.24) is 4.98 Å². The SMILES string of the molecule is CC(=O)Nc1cc2ccccc2cc1C(=O)OCc1csc(CC(=O)Nc2ccc(C)cc2)n1. The number of carbonyl (C=O) groups excluding carboxylic acids is 3. The summed E-state index contributed by atoms with van der Waals surface area (Å²) in [4.78, 5) is 41.1. The van der Waals surface area contributed by atoms with Crippen LogP contribution in [0.5, 0.6) is 0 Å². The maximum Gasteiger partial charge on any atom is 0.340 e. The molecule has 0 aliphatic heterocycles. The lowest BCUT2D eigenvalue weighted by atomic mass is 10.0. The fraction of sp³-hybridized carbons (Fsp3) is 0.154. The Morgan fingerprint density at radius 1 is 0.971 bits per heavy atom. The van der Waals surface area contributed by atoms with E-state index in [4.69, 9.17) is 4.74 Å². The van der Waals surface area contributed by atoms with Crippen LogP contribution in [0, 0.1) is 6.92 Å². The predicted molar refractivity (Wildman–Crippen MR) is 133 cm³/mol. The van der Waals surface area contributed by atoms with Gasteiger partial charge in [0.15, 0.2) is 0 Å². The summed E-state index contributed by atoms with van der Waals surface area (Å²) in [5.41, 5.74) is 3.06. The van der Waals surface area contributed by atoms with Crippen LogP contribution in [0.1, 0.15) is 33.5 Å². The molecule has 0 radical (unpaired) electrons. The summed E-state index contributed by atoms with van der Waals surface area (Å²) in [5.74, 6) is -1.02. The van der Waals surface area contributed by atoms with Crippen LogP contribution in [0.15, 0.2) is 66.0 Å². The van der Waals surface area contributed by atoms with Crippen LogP contribution < -0.4 is 10.6 Å². The van der Waals surface area contributed by atoms with Gasteiger partial charge in [0.2, 0.25) is 11.8 Å². The van der Waals surface area contributed by atoms with Crippen molar-refractivity contribution in [2.24, 2.45) is 0 Å². The molecule has 2 amide bonds. The number of rotatable bonds is 7. The fourth-order valence-corrected chi connectivity index (χ4v) is 4.17. The molecule has 0 spiro atoms. The number of carbonyl (C=O) groups is 3. The minimum absolute atomic E-state index is 0.0404. The summed E-state index contributed by atoms with van der Waals surface area (Å²) in [6.45, 7) is 3.33. The third kappa shape index (κ3) is 5.85. The van der Waals surface area contributed by atoms with E-state index < -0.39 is 5.97 Å². The van der Waals surface area contributed by atoms with Gasteiger partial charge in [0.05, 0.1) is 23.4 Å². The number of esters is 1. The first-order valence-corrected chi connectivity index (χ1v) is 11.5. The normalized spacial score (nSPS) is 10.6. The third-order valence-corrected chi connectivity index (χ3v) is 5.91. The zero-order valence-electron chi connectivity index (χ0n) is 18.8. The third-order valence-electron chi connectivity index (χ3n) is 5.01. The van der Waals surface area contributed by atoms with Gasteiger partial charge in [0.1, 0.15) is 11.6 Å². The Balaban J connectivity index is 1.40. The van der Waals surface area contributed by atoms with Gasteiger partial charge in [0, 0.05) is 18.0 Å². The second-order valence-electron chi connectivity index (χ2n) is 7.83. The molecule has 0 atom stereocenters. The Bertz CT molecular complexity index is 1360.